The Balaban J connectivity index is 0.00000256. The summed E-state index contributed by atoms with van der Waals surface area (Å²) in [5.74, 6) is -0.887. The Morgan fingerprint density at radius 3 is 2.73 bits per heavy atom. The Hall–Kier alpha value is -1.89. The van der Waals surface area contributed by atoms with Crippen molar-refractivity contribution < 1.29 is 15.0 Å². The van der Waals surface area contributed by atoms with Crippen LogP contribution in [0.1, 0.15) is 38.9 Å². The van der Waals surface area contributed by atoms with E-state index in [1.165, 1.54) is 22.5 Å². The normalized spacial score (nSPS) is 16.4. The van der Waals surface area contributed by atoms with Crippen LogP contribution in [0.4, 0.5) is 0 Å². The number of benzene rings is 2. The Kier molecular flexibility index (Phi) is 7.55. The number of carbonyl (C=O) groups is 1. The van der Waals surface area contributed by atoms with Gasteiger partial charge in [0.05, 0.1) is 6.10 Å². The highest BCUT2D eigenvalue weighted by Crippen LogP contribution is 2.32. The van der Waals surface area contributed by atoms with Crippen LogP contribution in [0.3, 0.4) is 0 Å². The molecule has 0 spiro atoms. The van der Waals surface area contributed by atoms with Gasteiger partial charge in [-0.15, -0.1) is 23.7 Å². The number of aromatic carboxylic acids is 1. The highest BCUT2D eigenvalue weighted by atomic mass is 35.5. The summed E-state index contributed by atoms with van der Waals surface area (Å²) in [5, 5.41) is 23.7. The van der Waals surface area contributed by atoms with Crippen molar-refractivity contribution in [2.45, 2.75) is 31.4 Å². The van der Waals surface area contributed by atoms with Gasteiger partial charge in [-0.1, -0.05) is 41.9 Å². The molecule has 0 saturated heterocycles. The number of carboxylic acids is 1. The molecular weight excluding hydrogens is 441 g/mol. The Morgan fingerprint density at radius 2 is 2.00 bits per heavy atom. The van der Waals surface area contributed by atoms with Crippen LogP contribution in [0.15, 0.2) is 54.6 Å². The molecule has 3 N–H and O–H groups in total. The average molecular weight is 464 g/mol. The lowest BCUT2D eigenvalue weighted by molar-refractivity contribution is 0.0702. The summed E-state index contributed by atoms with van der Waals surface area (Å²) in [6.07, 6.45) is 2.31. The van der Waals surface area contributed by atoms with Crippen molar-refractivity contribution in [2.75, 3.05) is 6.54 Å². The van der Waals surface area contributed by atoms with Gasteiger partial charge in [0.15, 0.2) is 0 Å². The number of aliphatic hydroxyl groups is 1. The molecule has 2 atom stereocenters. The molecule has 4 rings (SSSR count). The molecule has 0 bridgehead atoms. The van der Waals surface area contributed by atoms with Gasteiger partial charge in [0, 0.05) is 22.5 Å². The minimum Gasteiger partial charge on any atom is -0.477 e. The van der Waals surface area contributed by atoms with Crippen LogP contribution in [0.25, 0.3) is 10.4 Å². The summed E-state index contributed by atoms with van der Waals surface area (Å²) in [7, 11) is 0. The van der Waals surface area contributed by atoms with Gasteiger partial charge < -0.3 is 15.5 Å². The number of aryl methyl sites for hydroxylation is 1. The first-order chi connectivity index (χ1) is 14.0. The summed E-state index contributed by atoms with van der Waals surface area (Å²) >= 11 is 7.31. The number of halogens is 2. The fourth-order valence-electron chi connectivity index (χ4n) is 3.80. The molecule has 158 valence electrons. The maximum atomic E-state index is 11.1. The van der Waals surface area contributed by atoms with E-state index in [2.05, 4.69) is 23.5 Å². The lowest BCUT2D eigenvalue weighted by atomic mass is 9.87. The van der Waals surface area contributed by atoms with Gasteiger partial charge in [-0.3, -0.25) is 0 Å². The van der Waals surface area contributed by atoms with Crippen LogP contribution in [0.5, 0.6) is 0 Å². The lowest BCUT2D eigenvalue weighted by Crippen LogP contribution is -2.37. The van der Waals surface area contributed by atoms with Crippen molar-refractivity contribution in [3.63, 3.8) is 0 Å². The predicted octanol–water partition coefficient (Wildman–Crippen LogP) is 5.37. The average Bonchev–Trinajstić information content (AvgIpc) is 3.22. The summed E-state index contributed by atoms with van der Waals surface area (Å²) in [6, 6.07) is 17.6. The highest BCUT2D eigenvalue weighted by Gasteiger charge is 2.20. The minimum atomic E-state index is -0.887. The largest absolute Gasteiger partial charge is 0.477 e. The molecule has 4 nitrogen and oxygen atoms in total. The fourth-order valence-corrected chi connectivity index (χ4v) is 4.84. The van der Waals surface area contributed by atoms with E-state index in [1.807, 2.05) is 18.2 Å². The first-order valence-corrected chi connectivity index (χ1v) is 10.8. The van der Waals surface area contributed by atoms with E-state index in [1.54, 1.807) is 18.2 Å². The van der Waals surface area contributed by atoms with E-state index >= 15 is 0 Å². The molecule has 0 radical (unpaired) electrons. The Labute approximate surface area is 190 Å². The summed E-state index contributed by atoms with van der Waals surface area (Å²) in [6.45, 7) is 0.479. The van der Waals surface area contributed by atoms with Gasteiger partial charge in [-0.25, -0.2) is 4.79 Å². The maximum Gasteiger partial charge on any atom is 0.345 e. The summed E-state index contributed by atoms with van der Waals surface area (Å²) in [4.78, 5) is 12.5. The van der Waals surface area contributed by atoms with E-state index in [9.17, 15) is 9.90 Å². The third-order valence-electron chi connectivity index (χ3n) is 5.37. The third kappa shape index (κ3) is 5.23. The van der Waals surface area contributed by atoms with Crippen LogP contribution in [-0.4, -0.2) is 28.8 Å². The first kappa shape index (κ1) is 22.8. The van der Waals surface area contributed by atoms with E-state index in [0.29, 0.717) is 22.5 Å². The molecule has 0 amide bonds. The van der Waals surface area contributed by atoms with E-state index in [-0.39, 0.29) is 12.4 Å². The van der Waals surface area contributed by atoms with Crippen molar-refractivity contribution >= 4 is 41.3 Å². The molecule has 1 aliphatic rings. The van der Waals surface area contributed by atoms with Crippen LogP contribution in [-0.2, 0) is 12.8 Å². The smallest absolute Gasteiger partial charge is 0.345 e. The second-order valence-electron chi connectivity index (χ2n) is 7.37. The van der Waals surface area contributed by atoms with Crippen LogP contribution in [0.2, 0.25) is 5.02 Å². The van der Waals surface area contributed by atoms with Crippen molar-refractivity contribution in [1.82, 2.24) is 5.32 Å². The molecule has 30 heavy (non-hydrogen) atoms. The van der Waals surface area contributed by atoms with Gasteiger partial charge in [-0.2, -0.15) is 0 Å². The predicted molar refractivity (Wildman–Crippen MR) is 124 cm³/mol. The van der Waals surface area contributed by atoms with Crippen molar-refractivity contribution in [3.05, 3.63) is 81.2 Å². The van der Waals surface area contributed by atoms with Crippen LogP contribution >= 0.6 is 35.3 Å². The number of hydrogen-bond acceptors (Lipinski definition) is 4. The van der Waals surface area contributed by atoms with Crippen LogP contribution in [0, 0.1) is 0 Å². The molecule has 0 unspecified atom stereocenters. The number of hydrogen-bond donors (Lipinski definition) is 3. The highest BCUT2D eigenvalue weighted by molar-refractivity contribution is 7.17. The zero-order valence-corrected chi connectivity index (χ0v) is 18.6. The second kappa shape index (κ2) is 9.94. The second-order valence-corrected chi connectivity index (χ2v) is 8.89. The zero-order valence-electron chi connectivity index (χ0n) is 16.2. The number of nitrogens with one attached hydrogen (secondary N) is 1. The molecule has 0 aliphatic heterocycles. The maximum absolute atomic E-state index is 11.1. The molecule has 1 aliphatic carbocycles. The number of fused-ring (bicyclic) bond motifs is 1. The van der Waals surface area contributed by atoms with Crippen molar-refractivity contribution in [1.29, 1.82) is 0 Å². The van der Waals surface area contributed by atoms with Gasteiger partial charge in [0.2, 0.25) is 0 Å². The number of rotatable bonds is 6. The summed E-state index contributed by atoms with van der Waals surface area (Å²) < 4.78 is 0. The number of aliphatic hydroxyl groups excluding tert-OH is 1. The number of carboxylic acid groups (broad SMARTS) is 1. The van der Waals surface area contributed by atoms with Gasteiger partial charge in [0.1, 0.15) is 4.88 Å². The Bertz CT molecular complexity index is 1040. The van der Waals surface area contributed by atoms with E-state index in [0.717, 1.165) is 35.3 Å². The van der Waals surface area contributed by atoms with Crippen LogP contribution < -0.4 is 5.32 Å². The molecular formula is C23H23Cl2NO3S. The zero-order chi connectivity index (χ0) is 20.4. The van der Waals surface area contributed by atoms with E-state index < -0.39 is 12.1 Å². The molecule has 0 saturated carbocycles. The standard InChI is InChI=1S/C23H22ClNO3S.ClH/c24-18-3-1-2-15(11-18)20(26)13-25-19-7-6-14-4-5-16(10-17(14)12-19)21-8-9-22(29-21)23(27)28;/h1-5,8-11,19-20,25-26H,6-7,12-13H2,(H,27,28);1H/t19-,20-;/m0./s1. The molecule has 2 aromatic carbocycles. The van der Waals surface area contributed by atoms with Crippen molar-refractivity contribution in [3.8, 4) is 10.4 Å². The summed E-state index contributed by atoms with van der Waals surface area (Å²) in [5.41, 5.74) is 4.50. The van der Waals surface area contributed by atoms with E-state index in [4.69, 9.17) is 16.7 Å². The monoisotopic (exact) mass is 463 g/mol. The SMILES string of the molecule is Cl.O=C(O)c1ccc(-c2ccc3c(c2)C[C@@H](NC[C@H](O)c2cccc(Cl)c2)CC3)s1. The topological polar surface area (TPSA) is 69.6 Å². The molecule has 1 aromatic heterocycles. The lowest BCUT2D eigenvalue weighted by Gasteiger charge is -2.27. The van der Waals surface area contributed by atoms with Gasteiger partial charge in [-0.05, 0) is 65.8 Å². The third-order valence-corrected chi connectivity index (χ3v) is 6.73. The van der Waals surface area contributed by atoms with Crippen molar-refractivity contribution in [2.24, 2.45) is 0 Å². The fraction of sp³-hybridized carbons (Fsp3) is 0.261. The Morgan fingerprint density at radius 1 is 1.17 bits per heavy atom. The first-order valence-electron chi connectivity index (χ1n) is 9.62. The number of thiophene rings is 1. The van der Waals surface area contributed by atoms with Gasteiger partial charge in [0.25, 0.3) is 0 Å². The molecule has 3 aromatic rings. The minimum absolute atomic E-state index is 0. The van der Waals surface area contributed by atoms with Gasteiger partial charge >= 0.3 is 5.97 Å². The molecule has 7 heteroatoms. The quantitative estimate of drug-likeness (QED) is 0.459. The molecule has 1 heterocycles. The molecule has 0 fully saturated rings.